The Morgan fingerprint density at radius 3 is 2.00 bits per heavy atom. The number of benzene rings is 2. The summed E-state index contributed by atoms with van der Waals surface area (Å²) in [6, 6.07) is 11.4. The molecular weight excluding hydrogens is 460 g/mol. The molecule has 0 bridgehead atoms. The molecule has 1 aliphatic rings. The fourth-order valence-electron chi connectivity index (χ4n) is 4.33. The predicted octanol–water partition coefficient (Wildman–Crippen LogP) is 3.33. The molecule has 0 aliphatic carbocycles. The van der Waals surface area contributed by atoms with E-state index < -0.39 is 16.1 Å². The van der Waals surface area contributed by atoms with Crippen LogP contribution in [-0.4, -0.2) is 59.4 Å². The second-order valence-electron chi connectivity index (χ2n) is 7.62. The summed E-state index contributed by atoms with van der Waals surface area (Å²) in [4.78, 5) is 0.114. The zero-order valence-electron chi connectivity index (χ0n) is 19.8. The van der Waals surface area contributed by atoms with Gasteiger partial charge in [-0.25, -0.2) is 8.42 Å². The van der Waals surface area contributed by atoms with Gasteiger partial charge in [0.05, 0.1) is 46.5 Å². The fourth-order valence-corrected chi connectivity index (χ4v) is 5.93. The first-order valence-corrected chi connectivity index (χ1v) is 12.0. The minimum atomic E-state index is -3.92. The van der Waals surface area contributed by atoms with Gasteiger partial charge in [-0.2, -0.15) is 4.31 Å². The van der Waals surface area contributed by atoms with Gasteiger partial charge >= 0.3 is 0 Å². The number of methoxy groups -OCH3 is 5. The van der Waals surface area contributed by atoms with Crippen molar-refractivity contribution in [3.63, 3.8) is 0 Å². The number of fused-ring (bicyclic) bond motifs is 1. The molecule has 10 heteroatoms. The average Bonchev–Trinajstić information content (AvgIpc) is 3.35. The Morgan fingerprint density at radius 2 is 1.41 bits per heavy atom. The van der Waals surface area contributed by atoms with Crippen molar-refractivity contribution in [3.8, 4) is 28.7 Å². The maximum Gasteiger partial charge on any atom is 0.244 e. The van der Waals surface area contributed by atoms with Crippen molar-refractivity contribution in [2.75, 3.05) is 42.1 Å². The van der Waals surface area contributed by atoms with Crippen LogP contribution in [0.5, 0.6) is 28.7 Å². The second kappa shape index (κ2) is 9.47. The van der Waals surface area contributed by atoms with Gasteiger partial charge in [0.25, 0.3) is 0 Å². The van der Waals surface area contributed by atoms with Crippen molar-refractivity contribution in [1.29, 1.82) is 0 Å². The van der Waals surface area contributed by atoms with Crippen LogP contribution in [0, 0.1) is 0 Å². The molecule has 0 N–H and O–H groups in total. The number of ether oxygens (including phenoxy) is 5. The maximum absolute atomic E-state index is 13.9. The van der Waals surface area contributed by atoms with E-state index in [1.165, 1.54) is 52.0 Å². The van der Waals surface area contributed by atoms with Crippen LogP contribution in [-0.2, 0) is 16.6 Å². The van der Waals surface area contributed by atoms with Crippen LogP contribution in [0.1, 0.15) is 17.3 Å². The third-order valence-electron chi connectivity index (χ3n) is 5.96. The first-order valence-electron chi connectivity index (χ1n) is 10.6. The summed E-state index contributed by atoms with van der Waals surface area (Å²) in [5.41, 5.74) is 1.53. The first kappa shape index (κ1) is 23.8. The molecule has 1 aliphatic heterocycles. The summed E-state index contributed by atoms with van der Waals surface area (Å²) in [5.74, 6) is 2.13. The van der Waals surface area contributed by atoms with Gasteiger partial charge < -0.3 is 28.3 Å². The molecule has 0 saturated heterocycles. The van der Waals surface area contributed by atoms with Crippen LogP contribution < -0.4 is 23.7 Å². The van der Waals surface area contributed by atoms with Crippen LogP contribution in [0.15, 0.2) is 53.6 Å². The van der Waals surface area contributed by atoms with Gasteiger partial charge in [-0.05, 0) is 42.0 Å². The molecular formula is C24H28N2O7S. The van der Waals surface area contributed by atoms with Crippen LogP contribution in [0.3, 0.4) is 0 Å². The van der Waals surface area contributed by atoms with Crippen LogP contribution >= 0.6 is 0 Å². The van der Waals surface area contributed by atoms with Crippen LogP contribution in [0.2, 0.25) is 0 Å². The van der Waals surface area contributed by atoms with Gasteiger partial charge in [0.2, 0.25) is 15.8 Å². The zero-order valence-corrected chi connectivity index (χ0v) is 20.6. The number of nitrogens with zero attached hydrogens (tertiary/aromatic N) is 2. The molecule has 34 heavy (non-hydrogen) atoms. The topological polar surface area (TPSA) is 88.5 Å². The van der Waals surface area contributed by atoms with Gasteiger partial charge in [-0.1, -0.05) is 0 Å². The molecule has 1 atom stereocenters. The summed E-state index contributed by atoms with van der Waals surface area (Å²) in [7, 11) is 3.65. The van der Waals surface area contributed by atoms with Crippen molar-refractivity contribution in [3.05, 3.63) is 59.9 Å². The highest BCUT2D eigenvalue weighted by atomic mass is 32.2. The Kier molecular flexibility index (Phi) is 6.63. The second-order valence-corrected chi connectivity index (χ2v) is 9.51. The lowest BCUT2D eigenvalue weighted by Gasteiger charge is -2.36. The normalized spacial score (nSPS) is 16.0. The van der Waals surface area contributed by atoms with E-state index in [1.807, 2.05) is 18.3 Å². The lowest BCUT2D eigenvalue weighted by molar-refractivity contribution is 0.292. The summed E-state index contributed by atoms with van der Waals surface area (Å²) >= 11 is 0. The van der Waals surface area contributed by atoms with E-state index in [2.05, 4.69) is 4.57 Å². The highest BCUT2D eigenvalue weighted by molar-refractivity contribution is 7.89. The molecule has 0 fully saturated rings. The third-order valence-corrected chi connectivity index (χ3v) is 7.82. The van der Waals surface area contributed by atoms with Gasteiger partial charge in [-0.3, -0.25) is 0 Å². The van der Waals surface area contributed by atoms with Crippen molar-refractivity contribution in [2.45, 2.75) is 17.5 Å². The van der Waals surface area contributed by atoms with E-state index in [-0.39, 0.29) is 11.4 Å². The summed E-state index contributed by atoms with van der Waals surface area (Å²) < 4.78 is 58.5. The van der Waals surface area contributed by atoms with Crippen LogP contribution in [0.4, 0.5) is 0 Å². The molecule has 2 aromatic carbocycles. The summed E-state index contributed by atoms with van der Waals surface area (Å²) in [6.45, 7) is 0.801. The highest BCUT2D eigenvalue weighted by Crippen LogP contribution is 2.44. The molecule has 0 amide bonds. The summed E-state index contributed by atoms with van der Waals surface area (Å²) in [5, 5.41) is 0. The quantitative estimate of drug-likeness (QED) is 0.481. The lowest BCUT2D eigenvalue weighted by Crippen LogP contribution is -2.42. The van der Waals surface area contributed by atoms with Crippen molar-refractivity contribution < 1.29 is 32.1 Å². The van der Waals surface area contributed by atoms with Crippen molar-refractivity contribution >= 4 is 10.0 Å². The number of sulfonamides is 1. The van der Waals surface area contributed by atoms with Crippen molar-refractivity contribution in [2.24, 2.45) is 0 Å². The average molecular weight is 489 g/mol. The molecule has 3 aromatic rings. The molecule has 1 aromatic heterocycles. The van der Waals surface area contributed by atoms with Gasteiger partial charge in [0, 0.05) is 31.0 Å². The van der Waals surface area contributed by atoms with E-state index in [1.54, 1.807) is 18.2 Å². The number of hydrogen-bond donors (Lipinski definition) is 0. The Morgan fingerprint density at radius 1 is 0.765 bits per heavy atom. The Hall–Kier alpha value is -3.37. The standard InChI is InChI=1S/C24H28N2O7S/c1-29-19-9-8-17(15-20(19)30-2)34(27,28)26-12-11-25-10-6-7-18(25)23(26)16-13-21(31-3)24(33-5)22(14-16)32-4/h6-10,13-15,23H,11-12H2,1-5H3/t23-/m0/s1. The van der Waals surface area contributed by atoms with E-state index in [0.29, 0.717) is 40.9 Å². The number of aromatic nitrogens is 1. The number of rotatable bonds is 8. The molecule has 182 valence electrons. The first-order chi connectivity index (χ1) is 16.4. The molecule has 0 radical (unpaired) electrons. The van der Waals surface area contributed by atoms with Crippen LogP contribution in [0.25, 0.3) is 0 Å². The minimum absolute atomic E-state index is 0.114. The third kappa shape index (κ3) is 3.92. The molecule has 4 rings (SSSR count). The minimum Gasteiger partial charge on any atom is -0.493 e. The summed E-state index contributed by atoms with van der Waals surface area (Å²) in [6.07, 6.45) is 1.95. The maximum atomic E-state index is 13.9. The Labute approximate surface area is 199 Å². The largest absolute Gasteiger partial charge is 0.493 e. The highest BCUT2D eigenvalue weighted by Gasteiger charge is 2.39. The molecule has 0 saturated carbocycles. The molecule has 0 unspecified atom stereocenters. The van der Waals surface area contributed by atoms with E-state index in [0.717, 1.165) is 5.69 Å². The molecule has 9 nitrogen and oxygen atoms in total. The zero-order chi connectivity index (χ0) is 24.5. The smallest absolute Gasteiger partial charge is 0.244 e. The molecule has 2 heterocycles. The SMILES string of the molecule is COc1ccc(S(=O)(=O)N2CCn3cccc3[C@@H]2c2cc(OC)c(OC)c(OC)c2)cc1OC. The van der Waals surface area contributed by atoms with Gasteiger partial charge in [0.1, 0.15) is 0 Å². The van der Waals surface area contributed by atoms with E-state index in [4.69, 9.17) is 23.7 Å². The monoisotopic (exact) mass is 488 g/mol. The van der Waals surface area contributed by atoms with Gasteiger partial charge in [-0.15, -0.1) is 0 Å². The van der Waals surface area contributed by atoms with E-state index >= 15 is 0 Å². The number of hydrogen-bond acceptors (Lipinski definition) is 7. The van der Waals surface area contributed by atoms with Gasteiger partial charge in [0.15, 0.2) is 23.0 Å². The van der Waals surface area contributed by atoms with E-state index in [9.17, 15) is 8.42 Å². The Bertz CT molecular complexity index is 1260. The lowest BCUT2D eigenvalue weighted by atomic mass is 10.0. The fraction of sp³-hybridized carbons (Fsp3) is 0.333. The van der Waals surface area contributed by atoms with Crippen molar-refractivity contribution in [1.82, 2.24) is 8.87 Å². The molecule has 0 spiro atoms. The Balaban J connectivity index is 1.89. The predicted molar refractivity (Wildman–Crippen MR) is 126 cm³/mol.